The van der Waals surface area contributed by atoms with Crippen molar-refractivity contribution < 1.29 is 28.9 Å². The smallest absolute Gasteiger partial charge is 0.295 e. The van der Waals surface area contributed by atoms with Crippen molar-refractivity contribution in [3.63, 3.8) is 0 Å². The highest BCUT2D eigenvalue weighted by molar-refractivity contribution is 6.46. The van der Waals surface area contributed by atoms with Crippen LogP contribution in [-0.4, -0.2) is 42.0 Å². The largest absolute Gasteiger partial charge is 0.507 e. The van der Waals surface area contributed by atoms with Crippen LogP contribution in [0.4, 0.5) is 0 Å². The first-order chi connectivity index (χ1) is 17.7. The van der Waals surface area contributed by atoms with Gasteiger partial charge < -0.3 is 24.2 Å². The molecule has 1 fully saturated rings. The average Bonchev–Trinajstić information content (AvgIpc) is 3.13. The Morgan fingerprint density at radius 2 is 1.70 bits per heavy atom. The Labute approximate surface area is 216 Å². The maximum Gasteiger partial charge on any atom is 0.295 e. The van der Waals surface area contributed by atoms with Crippen LogP contribution in [0, 0.1) is 6.92 Å². The van der Waals surface area contributed by atoms with Crippen LogP contribution in [-0.2, 0) is 16.1 Å². The van der Waals surface area contributed by atoms with Crippen LogP contribution in [0.25, 0.3) is 5.76 Å². The SMILES string of the molecule is COc1ccc(/C(O)=C2\C(=O)C(=O)N(Cc3ccccc3OC)C2c2cccc(OC(C)C)c2)c(C)c1. The summed E-state index contributed by atoms with van der Waals surface area (Å²) in [5.74, 6) is 0.158. The Morgan fingerprint density at radius 3 is 2.38 bits per heavy atom. The summed E-state index contributed by atoms with van der Waals surface area (Å²) in [6.07, 6.45) is -0.0582. The standard InChI is InChI=1S/C30H31NO6/c1-18(2)37-23-11-8-10-20(16-23)27-26(28(32)24-14-13-22(35-4)15-19(24)3)29(33)30(34)31(27)17-21-9-6-7-12-25(21)36-5/h6-16,18,27,32H,17H2,1-5H3/b28-26+. The van der Waals surface area contributed by atoms with E-state index in [1.54, 1.807) is 44.6 Å². The molecule has 7 nitrogen and oxygen atoms in total. The van der Waals surface area contributed by atoms with Crippen molar-refractivity contribution in [2.24, 2.45) is 0 Å². The van der Waals surface area contributed by atoms with Crippen LogP contribution >= 0.6 is 0 Å². The summed E-state index contributed by atoms with van der Waals surface area (Å²) >= 11 is 0. The van der Waals surface area contributed by atoms with Crippen LogP contribution in [0.3, 0.4) is 0 Å². The predicted molar refractivity (Wildman–Crippen MR) is 141 cm³/mol. The summed E-state index contributed by atoms with van der Waals surface area (Å²) in [6, 6.07) is 18.9. The molecule has 0 radical (unpaired) electrons. The molecule has 1 N–H and O–H groups in total. The Balaban J connectivity index is 1.89. The zero-order chi connectivity index (χ0) is 26.7. The van der Waals surface area contributed by atoms with E-state index in [4.69, 9.17) is 14.2 Å². The number of hydrogen-bond donors (Lipinski definition) is 1. The van der Waals surface area contributed by atoms with Crippen LogP contribution in [0.2, 0.25) is 0 Å². The third-order valence-electron chi connectivity index (χ3n) is 6.31. The monoisotopic (exact) mass is 501 g/mol. The molecule has 1 heterocycles. The molecule has 1 unspecified atom stereocenters. The van der Waals surface area contributed by atoms with E-state index in [-0.39, 0.29) is 24.0 Å². The van der Waals surface area contributed by atoms with Gasteiger partial charge in [-0.2, -0.15) is 0 Å². The van der Waals surface area contributed by atoms with E-state index < -0.39 is 17.7 Å². The summed E-state index contributed by atoms with van der Waals surface area (Å²) in [5.41, 5.74) is 2.58. The number of rotatable bonds is 8. The number of ketones is 1. The lowest BCUT2D eigenvalue weighted by molar-refractivity contribution is -0.140. The molecule has 4 rings (SSSR count). The minimum Gasteiger partial charge on any atom is -0.507 e. The number of likely N-dealkylation sites (tertiary alicyclic amines) is 1. The lowest BCUT2D eigenvalue weighted by Crippen LogP contribution is -2.29. The van der Waals surface area contributed by atoms with Crippen molar-refractivity contribution in [2.75, 3.05) is 14.2 Å². The van der Waals surface area contributed by atoms with Crippen LogP contribution in [0.5, 0.6) is 17.2 Å². The number of Topliss-reactive ketones (excluding diaryl/α,β-unsaturated/α-hetero) is 1. The highest BCUT2D eigenvalue weighted by atomic mass is 16.5. The highest BCUT2D eigenvalue weighted by Crippen LogP contribution is 2.42. The second kappa shape index (κ2) is 10.8. The molecule has 1 aliphatic heterocycles. The van der Waals surface area contributed by atoms with E-state index in [0.29, 0.717) is 33.9 Å². The first kappa shape index (κ1) is 25.8. The van der Waals surface area contributed by atoms with Gasteiger partial charge >= 0.3 is 0 Å². The van der Waals surface area contributed by atoms with Gasteiger partial charge in [-0.1, -0.05) is 30.3 Å². The van der Waals surface area contributed by atoms with Gasteiger partial charge in [0.15, 0.2) is 0 Å². The predicted octanol–water partition coefficient (Wildman–Crippen LogP) is 5.42. The Bertz CT molecular complexity index is 1360. The fourth-order valence-corrected chi connectivity index (χ4v) is 4.61. The summed E-state index contributed by atoms with van der Waals surface area (Å²) < 4.78 is 16.7. The Hall–Kier alpha value is -4.26. The van der Waals surface area contributed by atoms with Gasteiger partial charge in [0.05, 0.1) is 38.5 Å². The van der Waals surface area contributed by atoms with Gasteiger partial charge in [0.25, 0.3) is 11.7 Å². The van der Waals surface area contributed by atoms with Gasteiger partial charge in [-0.25, -0.2) is 0 Å². The molecule has 0 saturated carbocycles. The average molecular weight is 502 g/mol. The third kappa shape index (κ3) is 5.16. The molecular weight excluding hydrogens is 470 g/mol. The quantitative estimate of drug-likeness (QED) is 0.252. The fraction of sp³-hybridized carbons (Fsp3) is 0.267. The van der Waals surface area contributed by atoms with E-state index in [2.05, 4.69) is 0 Å². The van der Waals surface area contributed by atoms with E-state index in [0.717, 1.165) is 5.56 Å². The van der Waals surface area contributed by atoms with Gasteiger partial charge in [0, 0.05) is 11.1 Å². The van der Waals surface area contributed by atoms with Crippen molar-refractivity contribution in [2.45, 2.75) is 39.5 Å². The second-order valence-electron chi connectivity index (χ2n) is 9.16. The molecule has 0 bridgehead atoms. The van der Waals surface area contributed by atoms with Crippen molar-refractivity contribution in [3.8, 4) is 17.2 Å². The highest BCUT2D eigenvalue weighted by Gasteiger charge is 2.46. The first-order valence-electron chi connectivity index (χ1n) is 12.1. The number of carbonyl (C=O) groups is 2. The van der Waals surface area contributed by atoms with E-state index in [1.165, 1.54) is 4.90 Å². The maximum atomic E-state index is 13.5. The van der Waals surface area contributed by atoms with Crippen LogP contribution in [0.15, 0.2) is 72.3 Å². The van der Waals surface area contributed by atoms with Gasteiger partial charge in [0.1, 0.15) is 23.0 Å². The molecule has 0 aromatic heterocycles. The molecule has 1 amide bonds. The van der Waals surface area contributed by atoms with Crippen molar-refractivity contribution in [1.29, 1.82) is 0 Å². The zero-order valence-corrected chi connectivity index (χ0v) is 21.6. The summed E-state index contributed by atoms with van der Waals surface area (Å²) in [4.78, 5) is 28.4. The first-order valence-corrected chi connectivity index (χ1v) is 12.1. The molecule has 3 aromatic rings. The number of benzene rings is 3. The van der Waals surface area contributed by atoms with Crippen molar-refractivity contribution in [1.82, 2.24) is 4.90 Å². The number of carbonyl (C=O) groups excluding carboxylic acids is 2. The maximum absolute atomic E-state index is 13.5. The van der Waals surface area contributed by atoms with Gasteiger partial charge in [-0.3, -0.25) is 9.59 Å². The third-order valence-corrected chi connectivity index (χ3v) is 6.31. The molecule has 1 saturated heterocycles. The number of hydrogen-bond acceptors (Lipinski definition) is 6. The Morgan fingerprint density at radius 1 is 0.946 bits per heavy atom. The molecule has 1 aliphatic rings. The topological polar surface area (TPSA) is 85.3 Å². The van der Waals surface area contributed by atoms with Crippen LogP contribution < -0.4 is 14.2 Å². The Kier molecular flexibility index (Phi) is 7.53. The summed E-state index contributed by atoms with van der Waals surface area (Å²) in [5, 5.41) is 11.5. The molecule has 7 heteroatoms. The number of aliphatic hydroxyl groups excluding tert-OH is 1. The number of methoxy groups -OCH3 is 2. The molecule has 0 aliphatic carbocycles. The molecule has 192 valence electrons. The molecule has 37 heavy (non-hydrogen) atoms. The minimum absolute atomic E-state index is 0.0230. The molecular formula is C30H31NO6. The van der Waals surface area contributed by atoms with Gasteiger partial charge in [-0.05, 0) is 68.3 Å². The molecule has 0 spiro atoms. The number of amides is 1. The lowest BCUT2D eigenvalue weighted by Gasteiger charge is -2.26. The zero-order valence-electron chi connectivity index (χ0n) is 21.6. The van der Waals surface area contributed by atoms with E-state index >= 15 is 0 Å². The summed E-state index contributed by atoms with van der Waals surface area (Å²) in [6.45, 7) is 5.78. The number of aliphatic hydroxyl groups is 1. The number of aryl methyl sites for hydroxylation is 1. The minimum atomic E-state index is -0.831. The van der Waals surface area contributed by atoms with E-state index in [9.17, 15) is 14.7 Å². The lowest BCUT2D eigenvalue weighted by atomic mass is 9.93. The van der Waals surface area contributed by atoms with Gasteiger partial charge in [-0.15, -0.1) is 0 Å². The fourth-order valence-electron chi connectivity index (χ4n) is 4.61. The number of para-hydroxylation sites is 1. The van der Waals surface area contributed by atoms with Crippen molar-refractivity contribution in [3.05, 3.63) is 94.6 Å². The van der Waals surface area contributed by atoms with Crippen LogP contribution in [0.1, 0.15) is 42.1 Å². The second-order valence-corrected chi connectivity index (χ2v) is 9.16. The summed E-state index contributed by atoms with van der Waals surface area (Å²) in [7, 11) is 3.12. The molecule has 1 atom stereocenters. The van der Waals surface area contributed by atoms with Gasteiger partial charge in [0.2, 0.25) is 0 Å². The normalized spacial score (nSPS) is 16.8. The molecule has 3 aromatic carbocycles. The van der Waals surface area contributed by atoms with E-state index in [1.807, 2.05) is 57.2 Å². The number of ether oxygens (including phenoxy) is 3. The van der Waals surface area contributed by atoms with Crippen molar-refractivity contribution >= 4 is 17.4 Å². The number of nitrogens with zero attached hydrogens (tertiary/aromatic N) is 1.